The Hall–Kier alpha value is -0.0500. The minimum absolute atomic E-state index is 0.327. The Kier molecular flexibility index (Phi) is 4.51. The number of halogens is 1. The van der Waals surface area contributed by atoms with Gasteiger partial charge in [0.1, 0.15) is 0 Å². The highest BCUT2D eigenvalue weighted by Crippen LogP contribution is 2.34. The van der Waals surface area contributed by atoms with Crippen molar-refractivity contribution < 1.29 is 4.79 Å². The summed E-state index contributed by atoms with van der Waals surface area (Å²) in [5, 5.41) is 0. The summed E-state index contributed by atoms with van der Waals surface area (Å²) < 4.78 is 0. The van der Waals surface area contributed by atoms with Crippen LogP contribution >= 0.6 is 15.9 Å². The minimum atomic E-state index is 0.327. The first-order chi connectivity index (χ1) is 8.09. The summed E-state index contributed by atoms with van der Waals surface area (Å²) in [7, 11) is 0. The molecule has 1 saturated heterocycles. The molecule has 98 valence electrons. The van der Waals surface area contributed by atoms with E-state index in [-0.39, 0.29) is 0 Å². The highest BCUT2D eigenvalue weighted by Gasteiger charge is 2.34. The monoisotopic (exact) mass is 301 g/mol. The first kappa shape index (κ1) is 13.4. The largest absolute Gasteiger partial charge is 0.342 e. The predicted octanol–water partition coefficient (Wildman–Crippen LogP) is 3.44. The van der Waals surface area contributed by atoms with Gasteiger partial charge in [0.05, 0.1) is 0 Å². The molecule has 2 nitrogen and oxygen atoms in total. The standard InChI is InChI=1S/C14H24BrNO/c1-10-4-3-5-13(10)14(17)16-8-6-12(7-9-16)11(2)15/h10-13H,3-9H2,1-2H3. The van der Waals surface area contributed by atoms with Gasteiger partial charge < -0.3 is 4.90 Å². The van der Waals surface area contributed by atoms with Crippen molar-refractivity contribution >= 4 is 21.8 Å². The molecular formula is C14H24BrNO. The van der Waals surface area contributed by atoms with E-state index in [4.69, 9.17) is 0 Å². The van der Waals surface area contributed by atoms with Gasteiger partial charge in [0.2, 0.25) is 5.91 Å². The molecule has 0 aromatic rings. The average Bonchev–Trinajstić information content (AvgIpc) is 2.74. The van der Waals surface area contributed by atoms with Crippen LogP contribution in [0, 0.1) is 17.8 Å². The SMILES string of the molecule is CC(Br)C1CCN(C(=O)C2CCCC2C)CC1. The van der Waals surface area contributed by atoms with Crippen LogP contribution in [-0.2, 0) is 4.79 Å². The van der Waals surface area contributed by atoms with Crippen LogP contribution in [0.15, 0.2) is 0 Å². The number of hydrogen-bond acceptors (Lipinski definition) is 1. The van der Waals surface area contributed by atoms with Gasteiger partial charge in [-0.15, -0.1) is 0 Å². The molecule has 3 heteroatoms. The first-order valence-electron chi connectivity index (χ1n) is 7.02. The van der Waals surface area contributed by atoms with E-state index in [0.717, 1.165) is 25.4 Å². The number of alkyl halides is 1. The molecule has 1 amide bonds. The molecule has 0 N–H and O–H groups in total. The Morgan fingerprint density at radius 2 is 1.88 bits per heavy atom. The van der Waals surface area contributed by atoms with Crippen molar-refractivity contribution in [1.82, 2.24) is 4.90 Å². The van der Waals surface area contributed by atoms with Crippen LogP contribution in [0.5, 0.6) is 0 Å². The Morgan fingerprint density at radius 3 is 2.35 bits per heavy atom. The van der Waals surface area contributed by atoms with E-state index in [1.807, 2.05) is 0 Å². The van der Waals surface area contributed by atoms with Crippen molar-refractivity contribution in [3.8, 4) is 0 Å². The molecule has 2 rings (SSSR count). The third-order valence-electron chi connectivity index (χ3n) is 4.68. The molecule has 2 aliphatic rings. The quantitative estimate of drug-likeness (QED) is 0.716. The molecular weight excluding hydrogens is 278 g/mol. The van der Waals surface area contributed by atoms with Gasteiger partial charge in [-0.25, -0.2) is 0 Å². The number of amides is 1. The lowest BCUT2D eigenvalue weighted by molar-refractivity contribution is -0.137. The fraction of sp³-hybridized carbons (Fsp3) is 0.929. The van der Waals surface area contributed by atoms with Crippen LogP contribution in [0.4, 0.5) is 0 Å². The summed E-state index contributed by atoms with van der Waals surface area (Å²) in [6, 6.07) is 0. The van der Waals surface area contributed by atoms with Crippen LogP contribution in [0.1, 0.15) is 46.0 Å². The number of carbonyl (C=O) groups excluding carboxylic acids is 1. The van der Waals surface area contributed by atoms with Gasteiger partial charge in [-0.1, -0.05) is 36.2 Å². The predicted molar refractivity (Wildman–Crippen MR) is 74.2 cm³/mol. The van der Waals surface area contributed by atoms with Gasteiger partial charge in [0.25, 0.3) is 0 Å². The van der Waals surface area contributed by atoms with Crippen LogP contribution in [0.2, 0.25) is 0 Å². The zero-order valence-electron chi connectivity index (χ0n) is 11.0. The number of rotatable bonds is 2. The fourth-order valence-corrected chi connectivity index (χ4v) is 3.85. The molecule has 0 spiro atoms. The highest BCUT2D eigenvalue weighted by atomic mass is 79.9. The Morgan fingerprint density at radius 1 is 1.24 bits per heavy atom. The second kappa shape index (κ2) is 5.73. The third kappa shape index (κ3) is 3.04. The number of hydrogen-bond donors (Lipinski definition) is 0. The Balaban J connectivity index is 1.86. The summed E-state index contributed by atoms with van der Waals surface area (Å²) in [6.45, 7) is 6.41. The van der Waals surface area contributed by atoms with E-state index in [1.165, 1.54) is 25.7 Å². The molecule has 0 bridgehead atoms. The number of likely N-dealkylation sites (tertiary alicyclic amines) is 1. The number of carbonyl (C=O) groups is 1. The lowest BCUT2D eigenvalue weighted by atomic mass is 9.91. The van der Waals surface area contributed by atoms with Gasteiger partial charge in [0.15, 0.2) is 0 Å². The Labute approximate surface area is 113 Å². The van der Waals surface area contributed by atoms with Crippen molar-refractivity contribution in [3.05, 3.63) is 0 Å². The van der Waals surface area contributed by atoms with Gasteiger partial charge in [0, 0.05) is 23.8 Å². The van der Waals surface area contributed by atoms with Gasteiger partial charge in [-0.2, -0.15) is 0 Å². The van der Waals surface area contributed by atoms with Crippen molar-refractivity contribution in [2.24, 2.45) is 17.8 Å². The van der Waals surface area contributed by atoms with Crippen LogP contribution < -0.4 is 0 Å². The van der Waals surface area contributed by atoms with Gasteiger partial charge in [-0.3, -0.25) is 4.79 Å². The zero-order valence-corrected chi connectivity index (χ0v) is 12.6. The third-order valence-corrected chi connectivity index (χ3v) is 5.43. The maximum Gasteiger partial charge on any atom is 0.225 e. The van der Waals surface area contributed by atoms with E-state index < -0.39 is 0 Å². The van der Waals surface area contributed by atoms with E-state index in [0.29, 0.717) is 22.6 Å². The topological polar surface area (TPSA) is 20.3 Å². The summed E-state index contributed by atoms with van der Waals surface area (Å²) in [5.74, 6) is 2.12. The van der Waals surface area contributed by atoms with Gasteiger partial charge in [-0.05, 0) is 37.5 Å². The molecule has 0 radical (unpaired) electrons. The number of piperidine rings is 1. The molecule has 0 aromatic carbocycles. The molecule has 3 atom stereocenters. The smallest absolute Gasteiger partial charge is 0.225 e. The second-order valence-electron chi connectivity index (χ2n) is 5.85. The Bertz CT molecular complexity index is 271. The van der Waals surface area contributed by atoms with E-state index >= 15 is 0 Å². The van der Waals surface area contributed by atoms with Gasteiger partial charge >= 0.3 is 0 Å². The summed E-state index contributed by atoms with van der Waals surface area (Å²) >= 11 is 3.67. The molecule has 3 unspecified atom stereocenters. The fourth-order valence-electron chi connectivity index (χ4n) is 3.33. The molecule has 17 heavy (non-hydrogen) atoms. The minimum Gasteiger partial charge on any atom is -0.342 e. The molecule has 2 fully saturated rings. The van der Waals surface area contributed by atoms with E-state index in [2.05, 4.69) is 34.7 Å². The van der Waals surface area contributed by atoms with Crippen LogP contribution in [0.3, 0.4) is 0 Å². The van der Waals surface area contributed by atoms with Crippen molar-refractivity contribution in [2.45, 2.75) is 50.8 Å². The van der Waals surface area contributed by atoms with E-state index in [9.17, 15) is 4.79 Å². The lowest BCUT2D eigenvalue weighted by Crippen LogP contribution is -2.43. The molecule has 1 aliphatic carbocycles. The van der Waals surface area contributed by atoms with Crippen LogP contribution in [0.25, 0.3) is 0 Å². The second-order valence-corrected chi connectivity index (χ2v) is 7.30. The summed E-state index contributed by atoms with van der Waals surface area (Å²) in [4.78, 5) is 15.1. The summed E-state index contributed by atoms with van der Waals surface area (Å²) in [6.07, 6.45) is 5.94. The highest BCUT2D eigenvalue weighted by molar-refractivity contribution is 9.09. The van der Waals surface area contributed by atoms with Crippen LogP contribution in [-0.4, -0.2) is 28.7 Å². The first-order valence-corrected chi connectivity index (χ1v) is 7.94. The van der Waals surface area contributed by atoms with Crippen molar-refractivity contribution in [2.75, 3.05) is 13.1 Å². The zero-order chi connectivity index (χ0) is 12.4. The average molecular weight is 302 g/mol. The van der Waals surface area contributed by atoms with Crippen molar-refractivity contribution in [1.29, 1.82) is 0 Å². The molecule has 1 heterocycles. The molecule has 0 aromatic heterocycles. The number of nitrogens with zero attached hydrogens (tertiary/aromatic N) is 1. The lowest BCUT2D eigenvalue weighted by Gasteiger charge is -2.35. The van der Waals surface area contributed by atoms with Crippen molar-refractivity contribution in [3.63, 3.8) is 0 Å². The maximum atomic E-state index is 12.4. The summed E-state index contributed by atoms with van der Waals surface area (Å²) in [5.41, 5.74) is 0. The van der Waals surface area contributed by atoms with E-state index in [1.54, 1.807) is 0 Å². The maximum absolute atomic E-state index is 12.4. The normalized spacial score (nSPS) is 32.8. The molecule has 1 aliphatic heterocycles. The molecule has 1 saturated carbocycles.